The van der Waals surface area contributed by atoms with Gasteiger partial charge in [-0.05, 0) is 72.7 Å². The number of nitrogens with one attached hydrogen (secondary N) is 2. The molecular formula is C20H40N6. The molecule has 0 saturated carbocycles. The molecule has 0 aromatic carbocycles. The van der Waals surface area contributed by atoms with Gasteiger partial charge in [0, 0.05) is 31.4 Å². The topological polar surface area (TPSA) is 57.5 Å². The summed E-state index contributed by atoms with van der Waals surface area (Å²) in [7, 11) is 0. The predicted molar refractivity (Wildman–Crippen MR) is 112 cm³/mol. The van der Waals surface area contributed by atoms with E-state index in [1.54, 1.807) is 0 Å². The van der Waals surface area contributed by atoms with Gasteiger partial charge in [-0.3, -0.25) is 9.67 Å². The summed E-state index contributed by atoms with van der Waals surface area (Å²) in [6.07, 6.45) is 3.37. The van der Waals surface area contributed by atoms with E-state index in [4.69, 9.17) is 4.99 Å². The zero-order valence-corrected chi connectivity index (χ0v) is 17.8. The molecule has 1 aromatic rings. The van der Waals surface area contributed by atoms with Crippen LogP contribution in [0.5, 0.6) is 0 Å². The summed E-state index contributed by atoms with van der Waals surface area (Å²) in [5, 5.41) is 11.4. The van der Waals surface area contributed by atoms with Crippen molar-refractivity contribution in [3.63, 3.8) is 0 Å². The van der Waals surface area contributed by atoms with E-state index in [0.29, 0.717) is 6.04 Å². The van der Waals surface area contributed by atoms with E-state index in [-0.39, 0.29) is 0 Å². The average Bonchev–Trinajstić information content (AvgIpc) is 2.93. The molecule has 2 N–H and O–H groups in total. The molecule has 150 valence electrons. The van der Waals surface area contributed by atoms with Gasteiger partial charge >= 0.3 is 0 Å². The third kappa shape index (κ3) is 8.70. The maximum Gasteiger partial charge on any atom is 0.191 e. The van der Waals surface area contributed by atoms with Gasteiger partial charge in [-0.25, -0.2) is 0 Å². The van der Waals surface area contributed by atoms with Crippen LogP contribution >= 0.6 is 0 Å². The molecule has 0 amide bonds. The van der Waals surface area contributed by atoms with Crippen LogP contribution in [0, 0.1) is 13.8 Å². The van der Waals surface area contributed by atoms with E-state index >= 15 is 0 Å². The Morgan fingerprint density at radius 1 is 1.23 bits per heavy atom. The lowest BCUT2D eigenvalue weighted by molar-refractivity contribution is 0.292. The maximum atomic E-state index is 4.72. The summed E-state index contributed by atoms with van der Waals surface area (Å²) < 4.78 is 2.07. The Bertz CT molecular complexity index is 518. The number of aryl methyl sites for hydroxylation is 3. The van der Waals surface area contributed by atoms with Crippen molar-refractivity contribution in [3.8, 4) is 0 Å². The minimum atomic E-state index is 0.430. The molecule has 0 saturated heterocycles. The van der Waals surface area contributed by atoms with Gasteiger partial charge in [0.15, 0.2) is 5.96 Å². The Morgan fingerprint density at radius 3 is 2.54 bits per heavy atom. The normalized spacial score (nSPS) is 13.3. The van der Waals surface area contributed by atoms with Crippen molar-refractivity contribution in [1.29, 1.82) is 0 Å². The van der Waals surface area contributed by atoms with Gasteiger partial charge in [0.05, 0.1) is 5.69 Å². The maximum absolute atomic E-state index is 4.72. The highest BCUT2D eigenvalue weighted by molar-refractivity contribution is 5.80. The summed E-state index contributed by atoms with van der Waals surface area (Å²) in [6, 6.07) is 2.55. The first-order valence-corrected chi connectivity index (χ1v) is 10.3. The molecule has 1 rings (SSSR count). The largest absolute Gasteiger partial charge is 0.357 e. The minimum Gasteiger partial charge on any atom is -0.357 e. The van der Waals surface area contributed by atoms with Gasteiger partial charge in [-0.15, -0.1) is 0 Å². The first kappa shape index (κ1) is 22.5. The molecule has 1 unspecified atom stereocenters. The monoisotopic (exact) mass is 364 g/mol. The highest BCUT2D eigenvalue weighted by Crippen LogP contribution is 2.03. The number of nitrogens with zero attached hydrogens (tertiary/aromatic N) is 4. The summed E-state index contributed by atoms with van der Waals surface area (Å²) >= 11 is 0. The molecule has 26 heavy (non-hydrogen) atoms. The zero-order valence-electron chi connectivity index (χ0n) is 17.8. The average molecular weight is 365 g/mol. The minimum absolute atomic E-state index is 0.430. The summed E-state index contributed by atoms with van der Waals surface area (Å²) in [6.45, 7) is 19.0. The number of guanidine groups is 1. The lowest BCUT2D eigenvalue weighted by Crippen LogP contribution is -2.42. The van der Waals surface area contributed by atoms with Crippen LogP contribution in [0.25, 0.3) is 0 Å². The SMILES string of the molecule is CCNC(=NCCCn1nc(C)cc1C)NC(C)CCCN(CC)CC. The molecule has 6 heteroatoms. The molecule has 0 aliphatic heterocycles. The molecule has 0 spiro atoms. The van der Waals surface area contributed by atoms with Crippen molar-refractivity contribution in [1.82, 2.24) is 25.3 Å². The van der Waals surface area contributed by atoms with Gasteiger partial charge in [0.2, 0.25) is 0 Å². The van der Waals surface area contributed by atoms with E-state index in [2.05, 4.69) is 66.0 Å². The predicted octanol–water partition coefficient (Wildman–Crippen LogP) is 2.96. The zero-order chi connectivity index (χ0) is 19.4. The smallest absolute Gasteiger partial charge is 0.191 e. The number of rotatable bonds is 12. The van der Waals surface area contributed by atoms with E-state index in [1.165, 1.54) is 18.7 Å². The molecular weight excluding hydrogens is 324 g/mol. The van der Waals surface area contributed by atoms with E-state index in [0.717, 1.165) is 57.2 Å². The number of aliphatic imine (C=N–C) groups is 1. The van der Waals surface area contributed by atoms with Crippen LogP contribution in [-0.4, -0.2) is 59.4 Å². The molecule has 0 radical (unpaired) electrons. The fourth-order valence-corrected chi connectivity index (χ4v) is 3.10. The second-order valence-electron chi connectivity index (χ2n) is 6.98. The first-order chi connectivity index (χ1) is 12.5. The fraction of sp³-hybridized carbons (Fsp3) is 0.800. The van der Waals surface area contributed by atoms with Crippen LogP contribution < -0.4 is 10.6 Å². The third-order valence-corrected chi connectivity index (χ3v) is 4.63. The Kier molecular flexibility index (Phi) is 11.0. The van der Waals surface area contributed by atoms with Gasteiger partial charge < -0.3 is 15.5 Å². The van der Waals surface area contributed by atoms with Crippen molar-refractivity contribution in [3.05, 3.63) is 17.5 Å². The quantitative estimate of drug-likeness (QED) is 0.340. The van der Waals surface area contributed by atoms with Crippen LogP contribution in [0.1, 0.15) is 58.3 Å². The van der Waals surface area contributed by atoms with E-state index in [1.807, 2.05) is 6.92 Å². The van der Waals surface area contributed by atoms with Crippen LogP contribution in [0.4, 0.5) is 0 Å². The molecule has 0 aliphatic rings. The molecule has 0 bridgehead atoms. The first-order valence-electron chi connectivity index (χ1n) is 10.3. The lowest BCUT2D eigenvalue weighted by atomic mass is 10.2. The van der Waals surface area contributed by atoms with Gasteiger partial charge in [0.25, 0.3) is 0 Å². The van der Waals surface area contributed by atoms with Gasteiger partial charge in [-0.1, -0.05) is 13.8 Å². The fourth-order valence-electron chi connectivity index (χ4n) is 3.10. The second-order valence-corrected chi connectivity index (χ2v) is 6.98. The van der Waals surface area contributed by atoms with Crippen LogP contribution in [-0.2, 0) is 6.54 Å². The van der Waals surface area contributed by atoms with Crippen LogP contribution in [0.15, 0.2) is 11.1 Å². The van der Waals surface area contributed by atoms with Crippen molar-refractivity contribution in [2.75, 3.05) is 32.7 Å². The number of hydrogen-bond donors (Lipinski definition) is 2. The number of aromatic nitrogens is 2. The second kappa shape index (κ2) is 12.7. The number of hydrogen-bond acceptors (Lipinski definition) is 3. The molecule has 1 heterocycles. The Labute approximate surface area is 160 Å². The van der Waals surface area contributed by atoms with Crippen molar-refractivity contribution < 1.29 is 0 Å². The van der Waals surface area contributed by atoms with Gasteiger partial charge in [-0.2, -0.15) is 5.10 Å². The van der Waals surface area contributed by atoms with Crippen LogP contribution in [0.3, 0.4) is 0 Å². The third-order valence-electron chi connectivity index (χ3n) is 4.63. The highest BCUT2D eigenvalue weighted by Gasteiger charge is 2.06. The van der Waals surface area contributed by atoms with E-state index < -0.39 is 0 Å². The van der Waals surface area contributed by atoms with Crippen LogP contribution in [0.2, 0.25) is 0 Å². The van der Waals surface area contributed by atoms with Crippen molar-refractivity contribution >= 4 is 5.96 Å². The van der Waals surface area contributed by atoms with Crippen molar-refractivity contribution in [2.24, 2.45) is 4.99 Å². The van der Waals surface area contributed by atoms with E-state index in [9.17, 15) is 0 Å². The molecule has 0 fully saturated rings. The van der Waals surface area contributed by atoms with Crippen molar-refractivity contribution in [2.45, 2.75) is 73.4 Å². The lowest BCUT2D eigenvalue weighted by Gasteiger charge is -2.21. The molecule has 0 aliphatic carbocycles. The summed E-state index contributed by atoms with van der Waals surface area (Å²) in [5.41, 5.74) is 2.30. The highest BCUT2D eigenvalue weighted by atomic mass is 15.3. The molecule has 6 nitrogen and oxygen atoms in total. The Morgan fingerprint density at radius 2 is 1.96 bits per heavy atom. The summed E-state index contributed by atoms with van der Waals surface area (Å²) in [4.78, 5) is 7.20. The molecule has 1 atom stereocenters. The van der Waals surface area contributed by atoms with Gasteiger partial charge in [0.1, 0.15) is 0 Å². The Balaban J connectivity index is 2.36. The standard InChI is InChI=1S/C20H40N6/c1-7-21-20(23-17(4)12-10-14-25(8-2)9-3)22-13-11-15-26-19(6)16-18(5)24-26/h16-17H,7-15H2,1-6H3,(H2,21,22,23). The Hall–Kier alpha value is -1.56. The molecule has 1 aromatic heterocycles. The summed E-state index contributed by atoms with van der Waals surface area (Å²) in [5.74, 6) is 0.927.